The smallest absolute Gasteiger partial charge is 0.243 e. The van der Waals surface area contributed by atoms with Gasteiger partial charge in [-0.25, -0.2) is 8.42 Å². The summed E-state index contributed by atoms with van der Waals surface area (Å²) < 4.78 is 39.2. The van der Waals surface area contributed by atoms with E-state index >= 15 is 0 Å². The summed E-state index contributed by atoms with van der Waals surface area (Å²) in [5.41, 5.74) is 1.80. The van der Waals surface area contributed by atoms with Gasteiger partial charge in [-0.2, -0.15) is 4.31 Å². The van der Waals surface area contributed by atoms with Crippen molar-refractivity contribution in [2.75, 3.05) is 47.0 Å². The number of piperazine rings is 1. The van der Waals surface area contributed by atoms with Crippen LogP contribution in [0.5, 0.6) is 5.75 Å². The van der Waals surface area contributed by atoms with Gasteiger partial charge in [0.05, 0.1) is 17.5 Å². The van der Waals surface area contributed by atoms with Crippen LogP contribution < -0.4 is 4.74 Å². The van der Waals surface area contributed by atoms with Crippen LogP contribution in [0.2, 0.25) is 0 Å². The molecule has 1 saturated heterocycles. The number of rotatable bonds is 7. The van der Waals surface area contributed by atoms with Gasteiger partial charge in [0, 0.05) is 26.7 Å². The summed E-state index contributed by atoms with van der Waals surface area (Å²) in [4.78, 5) is 2.47. The zero-order valence-electron chi connectivity index (χ0n) is 17.1. The Morgan fingerprint density at radius 1 is 1.07 bits per heavy atom. The monoisotopic (exact) mass is 440 g/mol. The molecule has 1 heterocycles. The number of aryl methyl sites for hydroxylation is 1. The molecule has 3 rings (SSSR count). The van der Waals surface area contributed by atoms with Crippen molar-refractivity contribution in [3.05, 3.63) is 59.7 Å². The average molecular weight is 441 g/mol. The van der Waals surface area contributed by atoms with E-state index in [4.69, 9.17) is 9.47 Å². The highest BCUT2D eigenvalue weighted by molar-refractivity contribution is 7.89. The maximum atomic E-state index is 13.4. The van der Waals surface area contributed by atoms with Crippen LogP contribution in [-0.2, 0) is 14.8 Å². The Hall–Kier alpha value is -1.64. The van der Waals surface area contributed by atoms with Crippen LogP contribution in [0.25, 0.3) is 0 Å². The Morgan fingerprint density at radius 3 is 2.45 bits per heavy atom. The van der Waals surface area contributed by atoms with E-state index in [1.165, 1.54) is 0 Å². The van der Waals surface area contributed by atoms with Crippen molar-refractivity contribution in [3.8, 4) is 5.75 Å². The minimum absolute atomic E-state index is 0. The first kappa shape index (κ1) is 23.6. The molecule has 160 valence electrons. The van der Waals surface area contributed by atoms with Crippen molar-refractivity contribution in [1.29, 1.82) is 0 Å². The number of likely N-dealkylation sites (N-methyl/N-ethyl adjacent to an activating group) is 1. The molecule has 0 saturated carbocycles. The summed E-state index contributed by atoms with van der Waals surface area (Å²) in [6.45, 7) is 4.61. The Morgan fingerprint density at radius 2 is 1.79 bits per heavy atom. The van der Waals surface area contributed by atoms with Gasteiger partial charge in [-0.1, -0.05) is 30.3 Å². The molecule has 8 heteroatoms. The lowest BCUT2D eigenvalue weighted by molar-refractivity contribution is 0.146. The molecule has 0 amide bonds. The number of hydrogen-bond donors (Lipinski definition) is 0. The van der Waals surface area contributed by atoms with E-state index in [1.807, 2.05) is 44.3 Å². The van der Waals surface area contributed by atoms with Crippen molar-refractivity contribution in [1.82, 2.24) is 9.21 Å². The lowest BCUT2D eigenvalue weighted by atomic mass is 10.1. The maximum Gasteiger partial charge on any atom is 0.243 e. The molecule has 29 heavy (non-hydrogen) atoms. The summed E-state index contributed by atoms with van der Waals surface area (Å²) >= 11 is 0. The molecule has 6 nitrogen and oxygen atoms in total. The fourth-order valence-electron chi connectivity index (χ4n) is 3.45. The lowest BCUT2D eigenvalue weighted by Crippen LogP contribution is -2.49. The number of nitrogens with zero attached hydrogens (tertiary/aromatic N) is 2. The van der Waals surface area contributed by atoms with E-state index in [0.29, 0.717) is 43.5 Å². The summed E-state index contributed by atoms with van der Waals surface area (Å²) in [7, 11) is 0.0194. The van der Waals surface area contributed by atoms with Crippen molar-refractivity contribution in [2.24, 2.45) is 0 Å². The highest BCUT2D eigenvalue weighted by Gasteiger charge is 2.36. The predicted molar refractivity (Wildman–Crippen MR) is 116 cm³/mol. The van der Waals surface area contributed by atoms with Crippen LogP contribution in [0.3, 0.4) is 0 Å². The van der Waals surface area contributed by atoms with E-state index in [-0.39, 0.29) is 18.4 Å². The Balaban J connectivity index is 0.00000300. The minimum Gasteiger partial charge on any atom is -0.491 e. The van der Waals surface area contributed by atoms with Crippen LogP contribution in [-0.4, -0.2) is 64.6 Å². The Bertz CT molecular complexity index is 893. The van der Waals surface area contributed by atoms with Gasteiger partial charge in [-0.3, -0.25) is 0 Å². The van der Waals surface area contributed by atoms with E-state index in [2.05, 4.69) is 4.90 Å². The molecule has 2 aromatic rings. The zero-order chi connectivity index (χ0) is 20.1. The fourth-order valence-corrected chi connectivity index (χ4v) is 5.13. The molecule has 0 aliphatic carbocycles. The molecule has 0 spiro atoms. The van der Waals surface area contributed by atoms with Crippen LogP contribution in [0.15, 0.2) is 53.4 Å². The first-order valence-corrected chi connectivity index (χ1v) is 10.8. The molecule has 0 aromatic heterocycles. The SMILES string of the molecule is COCCOc1ccc(S(=O)(=O)N2CCN(C)CC2c2ccccc2)cc1C.Cl. The van der Waals surface area contributed by atoms with Gasteiger partial charge in [-0.05, 0) is 43.3 Å². The number of hydrogen-bond acceptors (Lipinski definition) is 5. The van der Waals surface area contributed by atoms with Crippen LogP contribution in [0, 0.1) is 6.92 Å². The Kier molecular flexibility index (Phi) is 8.48. The maximum absolute atomic E-state index is 13.4. The highest BCUT2D eigenvalue weighted by atomic mass is 35.5. The second-order valence-electron chi connectivity index (χ2n) is 7.07. The average Bonchev–Trinajstić information content (AvgIpc) is 2.69. The first-order valence-electron chi connectivity index (χ1n) is 9.41. The van der Waals surface area contributed by atoms with Crippen molar-refractivity contribution in [2.45, 2.75) is 17.9 Å². The van der Waals surface area contributed by atoms with Gasteiger partial charge in [0.1, 0.15) is 12.4 Å². The number of sulfonamides is 1. The van der Waals surface area contributed by atoms with Gasteiger partial charge in [0.2, 0.25) is 10.0 Å². The minimum atomic E-state index is -3.62. The first-order chi connectivity index (χ1) is 13.4. The van der Waals surface area contributed by atoms with Gasteiger partial charge < -0.3 is 14.4 Å². The van der Waals surface area contributed by atoms with Gasteiger partial charge in [-0.15, -0.1) is 12.4 Å². The fraction of sp³-hybridized carbons (Fsp3) is 0.429. The number of ether oxygens (including phenoxy) is 2. The zero-order valence-corrected chi connectivity index (χ0v) is 18.7. The molecule has 1 atom stereocenters. The third kappa shape index (κ3) is 5.49. The molecule has 2 aromatic carbocycles. The van der Waals surface area contributed by atoms with Crippen LogP contribution in [0.4, 0.5) is 0 Å². The van der Waals surface area contributed by atoms with Crippen LogP contribution in [0.1, 0.15) is 17.2 Å². The number of methoxy groups -OCH3 is 1. The summed E-state index contributed by atoms with van der Waals surface area (Å²) in [5.74, 6) is 0.675. The summed E-state index contributed by atoms with van der Waals surface area (Å²) in [6.07, 6.45) is 0. The molecule has 0 N–H and O–H groups in total. The second-order valence-corrected chi connectivity index (χ2v) is 8.96. The van der Waals surface area contributed by atoms with Crippen molar-refractivity contribution in [3.63, 3.8) is 0 Å². The third-order valence-corrected chi connectivity index (χ3v) is 6.92. The van der Waals surface area contributed by atoms with E-state index in [1.54, 1.807) is 29.6 Å². The summed E-state index contributed by atoms with van der Waals surface area (Å²) in [6, 6.07) is 14.7. The summed E-state index contributed by atoms with van der Waals surface area (Å²) in [5, 5.41) is 0. The second kappa shape index (κ2) is 10.4. The van der Waals surface area contributed by atoms with E-state index < -0.39 is 10.0 Å². The van der Waals surface area contributed by atoms with Gasteiger partial charge in [0.15, 0.2) is 0 Å². The molecule has 0 bridgehead atoms. The predicted octanol–water partition coefficient (Wildman–Crippen LogP) is 3.12. The van der Waals surface area contributed by atoms with Crippen LogP contribution >= 0.6 is 12.4 Å². The molecule has 1 unspecified atom stereocenters. The molecule has 0 radical (unpaired) electrons. The molecule has 1 aliphatic rings. The number of benzene rings is 2. The largest absolute Gasteiger partial charge is 0.491 e. The Labute approximate surface area is 179 Å². The third-order valence-electron chi connectivity index (χ3n) is 5.02. The lowest BCUT2D eigenvalue weighted by Gasteiger charge is -2.39. The topological polar surface area (TPSA) is 59.1 Å². The highest BCUT2D eigenvalue weighted by Crippen LogP contribution is 2.32. The molecule has 1 fully saturated rings. The van der Waals surface area contributed by atoms with E-state index in [9.17, 15) is 8.42 Å². The van der Waals surface area contributed by atoms with Gasteiger partial charge in [0.25, 0.3) is 0 Å². The quantitative estimate of drug-likeness (QED) is 0.619. The van der Waals surface area contributed by atoms with Crippen molar-refractivity contribution >= 4 is 22.4 Å². The normalized spacial score (nSPS) is 18.2. The molecular formula is C21H29ClN2O4S. The van der Waals surface area contributed by atoms with Crippen molar-refractivity contribution < 1.29 is 17.9 Å². The standard InChI is InChI=1S/C21H28N2O4S.ClH/c1-17-15-19(9-10-21(17)27-14-13-26-3)28(24,25)23-12-11-22(2)16-20(23)18-7-5-4-6-8-18;/h4-10,15,20H,11-14,16H2,1-3H3;1H. The van der Waals surface area contributed by atoms with E-state index in [0.717, 1.165) is 11.1 Å². The molecular weight excluding hydrogens is 412 g/mol. The molecule has 1 aliphatic heterocycles. The van der Waals surface area contributed by atoms with Gasteiger partial charge >= 0.3 is 0 Å². The number of halogens is 1.